The van der Waals surface area contributed by atoms with Gasteiger partial charge in [0, 0.05) is 11.4 Å². The molecule has 0 radical (unpaired) electrons. The summed E-state index contributed by atoms with van der Waals surface area (Å²) >= 11 is 1.73. The van der Waals surface area contributed by atoms with Crippen LogP contribution in [0.25, 0.3) is 0 Å². The smallest absolute Gasteiger partial charge is 0.406 e. The van der Waals surface area contributed by atoms with Gasteiger partial charge in [0.15, 0.2) is 5.96 Å². The van der Waals surface area contributed by atoms with Crippen LogP contribution in [-0.4, -0.2) is 36.9 Å². The minimum absolute atomic E-state index is 0.254. The van der Waals surface area contributed by atoms with E-state index in [1.165, 1.54) is 42.0 Å². The number of alkyl halides is 3. The van der Waals surface area contributed by atoms with Crippen LogP contribution in [0.4, 0.5) is 13.2 Å². The van der Waals surface area contributed by atoms with Crippen LogP contribution in [0, 0.1) is 0 Å². The highest BCUT2D eigenvalue weighted by Gasteiger charge is 2.31. The minimum atomic E-state index is -4.69. The summed E-state index contributed by atoms with van der Waals surface area (Å²) in [5.74, 6) is 0.0621. The van der Waals surface area contributed by atoms with Crippen LogP contribution >= 0.6 is 11.3 Å². The number of rotatable bonds is 7. The third-order valence-electron chi connectivity index (χ3n) is 4.52. The third kappa shape index (κ3) is 6.13. The van der Waals surface area contributed by atoms with Gasteiger partial charge in [-0.3, -0.25) is 4.90 Å². The predicted molar refractivity (Wildman–Crippen MR) is 104 cm³/mol. The number of nitrogens with zero attached hydrogens (tertiary/aromatic N) is 2. The summed E-state index contributed by atoms with van der Waals surface area (Å²) in [5, 5.41) is 5.25. The van der Waals surface area contributed by atoms with Crippen molar-refractivity contribution in [3.8, 4) is 5.75 Å². The van der Waals surface area contributed by atoms with Crippen molar-refractivity contribution in [2.24, 2.45) is 10.7 Å². The maximum absolute atomic E-state index is 12.2. The fraction of sp³-hybridized carbons (Fsp3) is 0.421. The number of hydrogen-bond donors (Lipinski definition) is 2. The van der Waals surface area contributed by atoms with Crippen LogP contribution in [0.3, 0.4) is 0 Å². The quantitative estimate of drug-likeness (QED) is 0.535. The fourth-order valence-electron chi connectivity index (χ4n) is 3.17. The summed E-state index contributed by atoms with van der Waals surface area (Å²) in [6, 6.07) is 10.0. The third-order valence-corrected chi connectivity index (χ3v) is 5.49. The molecule has 1 aliphatic rings. The number of nitrogens with two attached hydrogens (primary N) is 1. The van der Waals surface area contributed by atoms with Crippen molar-refractivity contribution in [1.29, 1.82) is 0 Å². The molecule has 0 saturated carbocycles. The first kappa shape index (κ1) is 20.5. The Morgan fingerprint density at radius 3 is 2.54 bits per heavy atom. The Kier molecular flexibility index (Phi) is 6.79. The zero-order valence-corrected chi connectivity index (χ0v) is 16.1. The summed E-state index contributed by atoms with van der Waals surface area (Å²) in [7, 11) is 0. The molecule has 1 aromatic heterocycles. The van der Waals surface area contributed by atoms with Crippen LogP contribution in [0.5, 0.6) is 5.75 Å². The molecule has 0 aliphatic carbocycles. The summed E-state index contributed by atoms with van der Waals surface area (Å²) < 4.78 is 40.4. The van der Waals surface area contributed by atoms with E-state index < -0.39 is 6.36 Å². The molecule has 5 nitrogen and oxygen atoms in total. The fourth-order valence-corrected chi connectivity index (χ4v) is 4.03. The van der Waals surface area contributed by atoms with Crippen LogP contribution in [0.1, 0.15) is 29.3 Å². The van der Waals surface area contributed by atoms with E-state index in [2.05, 4.69) is 31.4 Å². The number of nitrogens with one attached hydrogen (secondary N) is 1. The minimum Gasteiger partial charge on any atom is -0.406 e. The lowest BCUT2D eigenvalue weighted by atomic mass is 10.2. The van der Waals surface area contributed by atoms with Gasteiger partial charge in [-0.2, -0.15) is 0 Å². The Balaban J connectivity index is 1.53. The second kappa shape index (κ2) is 9.29. The summed E-state index contributed by atoms with van der Waals surface area (Å²) in [5.41, 5.74) is 6.73. The van der Waals surface area contributed by atoms with Gasteiger partial charge in [0.25, 0.3) is 0 Å². The molecule has 1 unspecified atom stereocenters. The molecule has 2 heterocycles. The van der Waals surface area contributed by atoms with Crippen molar-refractivity contribution in [3.63, 3.8) is 0 Å². The molecular weight excluding hydrogens is 389 g/mol. The van der Waals surface area contributed by atoms with Crippen molar-refractivity contribution in [1.82, 2.24) is 10.2 Å². The molecule has 28 heavy (non-hydrogen) atoms. The molecule has 0 amide bonds. The van der Waals surface area contributed by atoms with Crippen molar-refractivity contribution >= 4 is 17.3 Å². The number of benzene rings is 1. The first-order valence-corrected chi connectivity index (χ1v) is 9.94. The van der Waals surface area contributed by atoms with Crippen molar-refractivity contribution in [3.05, 3.63) is 52.2 Å². The highest BCUT2D eigenvalue weighted by atomic mass is 32.1. The second-order valence-electron chi connectivity index (χ2n) is 6.55. The van der Waals surface area contributed by atoms with E-state index in [9.17, 15) is 13.2 Å². The zero-order valence-electron chi connectivity index (χ0n) is 15.3. The molecule has 1 aliphatic heterocycles. The summed E-state index contributed by atoms with van der Waals surface area (Å²) in [6.45, 7) is 3.09. The molecule has 3 rings (SSSR count). The molecular formula is C19H23F3N4OS. The van der Waals surface area contributed by atoms with E-state index in [4.69, 9.17) is 5.73 Å². The van der Waals surface area contributed by atoms with Gasteiger partial charge in [-0.1, -0.05) is 18.2 Å². The Hall–Kier alpha value is -2.26. The molecule has 1 atom stereocenters. The number of hydrogen-bond acceptors (Lipinski definition) is 4. The Morgan fingerprint density at radius 2 is 1.93 bits per heavy atom. The molecule has 1 saturated heterocycles. The molecule has 1 aromatic carbocycles. The molecule has 1 fully saturated rings. The van der Waals surface area contributed by atoms with Crippen molar-refractivity contribution in [2.75, 3.05) is 19.6 Å². The maximum Gasteiger partial charge on any atom is 0.573 e. The van der Waals surface area contributed by atoms with E-state index in [-0.39, 0.29) is 18.3 Å². The number of ether oxygens (including phenoxy) is 1. The number of aliphatic imine (C=N–C) groups is 1. The van der Waals surface area contributed by atoms with Gasteiger partial charge in [0.1, 0.15) is 5.75 Å². The highest BCUT2D eigenvalue weighted by molar-refractivity contribution is 7.10. The SMILES string of the molecule is NC(=NCc1ccc(OC(F)(F)F)cc1)NCC(c1cccs1)N1CCCC1. The first-order chi connectivity index (χ1) is 13.4. The van der Waals surface area contributed by atoms with Crippen LogP contribution in [-0.2, 0) is 6.54 Å². The van der Waals surface area contributed by atoms with Gasteiger partial charge in [0.05, 0.1) is 12.6 Å². The zero-order chi connectivity index (χ0) is 20.0. The van der Waals surface area contributed by atoms with Gasteiger partial charge in [-0.25, -0.2) is 4.99 Å². The molecule has 0 bridgehead atoms. The van der Waals surface area contributed by atoms with Crippen LogP contribution in [0.2, 0.25) is 0 Å². The molecule has 2 aromatic rings. The normalized spacial score (nSPS) is 16.9. The van der Waals surface area contributed by atoms with Gasteiger partial charge < -0.3 is 15.8 Å². The number of guanidine groups is 1. The van der Waals surface area contributed by atoms with Gasteiger partial charge in [-0.15, -0.1) is 24.5 Å². The van der Waals surface area contributed by atoms with E-state index >= 15 is 0 Å². The van der Waals surface area contributed by atoms with Gasteiger partial charge in [0.2, 0.25) is 0 Å². The number of halogens is 3. The summed E-state index contributed by atoms with van der Waals surface area (Å²) in [6.07, 6.45) is -2.28. The average molecular weight is 412 g/mol. The van der Waals surface area contributed by atoms with E-state index in [1.807, 2.05) is 6.07 Å². The monoisotopic (exact) mass is 412 g/mol. The highest BCUT2D eigenvalue weighted by Crippen LogP contribution is 2.27. The van der Waals surface area contributed by atoms with Gasteiger partial charge in [-0.05, 0) is 55.1 Å². The van der Waals surface area contributed by atoms with Crippen LogP contribution in [0.15, 0.2) is 46.8 Å². The Labute approximate surface area is 166 Å². The molecule has 152 valence electrons. The van der Waals surface area contributed by atoms with E-state index in [0.29, 0.717) is 12.5 Å². The lowest BCUT2D eigenvalue weighted by molar-refractivity contribution is -0.274. The topological polar surface area (TPSA) is 62.9 Å². The van der Waals surface area contributed by atoms with Crippen LogP contribution < -0.4 is 15.8 Å². The maximum atomic E-state index is 12.2. The van der Waals surface area contributed by atoms with E-state index in [1.54, 1.807) is 11.3 Å². The Morgan fingerprint density at radius 1 is 1.21 bits per heavy atom. The van der Waals surface area contributed by atoms with Crippen molar-refractivity contribution < 1.29 is 17.9 Å². The van der Waals surface area contributed by atoms with Crippen molar-refractivity contribution in [2.45, 2.75) is 31.8 Å². The van der Waals surface area contributed by atoms with Gasteiger partial charge >= 0.3 is 6.36 Å². The lowest BCUT2D eigenvalue weighted by Gasteiger charge is -2.27. The average Bonchev–Trinajstić information content (AvgIpc) is 3.34. The lowest BCUT2D eigenvalue weighted by Crippen LogP contribution is -2.39. The Bertz CT molecular complexity index is 756. The second-order valence-corrected chi connectivity index (χ2v) is 7.53. The number of likely N-dealkylation sites (tertiary alicyclic amines) is 1. The predicted octanol–water partition coefficient (Wildman–Crippen LogP) is 3.89. The first-order valence-electron chi connectivity index (χ1n) is 9.06. The number of thiophene rings is 1. The summed E-state index contributed by atoms with van der Waals surface area (Å²) in [4.78, 5) is 8.03. The standard InChI is InChI=1S/C19H23F3N4OS/c20-19(21,22)27-15-7-5-14(6-8-15)12-24-18(23)25-13-16(17-4-3-11-28-17)26-9-1-2-10-26/h3-8,11,16H,1-2,9-10,12-13H2,(H3,23,24,25). The molecule has 9 heteroatoms. The van der Waals surface area contributed by atoms with E-state index in [0.717, 1.165) is 18.7 Å². The molecule has 3 N–H and O–H groups in total. The molecule has 0 spiro atoms. The largest absolute Gasteiger partial charge is 0.573 e.